The van der Waals surface area contributed by atoms with Crippen molar-refractivity contribution < 1.29 is 0 Å². The molecular weight excluding hydrogens is 237 g/mol. The highest BCUT2D eigenvalue weighted by Crippen LogP contribution is 2.21. The summed E-state index contributed by atoms with van der Waals surface area (Å²) in [5.41, 5.74) is 6.38. The largest absolute Gasteiger partial charge is 0.327 e. The van der Waals surface area contributed by atoms with Gasteiger partial charge in [-0.25, -0.2) is 0 Å². The van der Waals surface area contributed by atoms with Crippen molar-refractivity contribution in [2.75, 3.05) is 6.54 Å². The van der Waals surface area contributed by atoms with Gasteiger partial charge in [-0.05, 0) is 23.8 Å². The molecule has 0 heterocycles. The summed E-state index contributed by atoms with van der Waals surface area (Å²) in [6.45, 7) is 0.541. The van der Waals surface area contributed by atoms with Crippen LogP contribution in [-0.2, 0) is 0 Å². The first-order chi connectivity index (χ1) is 5.74. The Morgan fingerprint density at radius 3 is 2.92 bits per heavy atom. The lowest BCUT2D eigenvalue weighted by Crippen LogP contribution is -1.92. The fourth-order valence-corrected chi connectivity index (χ4v) is 1.40. The monoisotopic (exact) mass is 245 g/mol. The molecule has 2 N–H and O–H groups in total. The molecule has 0 aliphatic carbocycles. The van der Waals surface area contributed by atoms with Gasteiger partial charge in [0.1, 0.15) is 0 Å². The molecule has 1 aromatic carbocycles. The molecule has 1 nitrogen and oxygen atoms in total. The third kappa shape index (κ3) is 2.63. The third-order valence-corrected chi connectivity index (χ3v) is 2.35. The smallest absolute Gasteiger partial charge is 0.0412 e. The lowest BCUT2D eigenvalue weighted by molar-refractivity contribution is 1.26. The number of halogens is 2. The number of hydrogen-bond donors (Lipinski definition) is 1. The van der Waals surface area contributed by atoms with E-state index in [-0.39, 0.29) is 0 Å². The van der Waals surface area contributed by atoms with E-state index < -0.39 is 0 Å². The summed E-state index contributed by atoms with van der Waals surface area (Å²) >= 11 is 9.22. The molecule has 0 radical (unpaired) electrons. The summed E-state index contributed by atoms with van der Waals surface area (Å²) in [4.78, 5) is 0. The van der Waals surface area contributed by atoms with Crippen LogP contribution in [-0.4, -0.2) is 6.54 Å². The van der Waals surface area contributed by atoms with Gasteiger partial charge in [-0.15, -0.1) is 0 Å². The quantitative estimate of drug-likeness (QED) is 0.853. The molecule has 1 rings (SSSR count). The Hall–Kier alpha value is -0.310. The van der Waals surface area contributed by atoms with Crippen molar-refractivity contribution in [1.82, 2.24) is 0 Å². The van der Waals surface area contributed by atoms with E-state index in [1.54, 1.807) is 0 Å². The Morgan fingerprint density at radius 2 is 2.25 bits per heavy atom. The Kier molecular flexibility index (Phi) is 3.79. The second-order valence-corrected chi connectivity index (χ2v) is 3.59. The molecule has 0 saturated heterocycles. The number of rotatable bonds is 2. The van der Waals surface area contributed by atoms with E-state index >= 15 is 0 Å². The van der Waals surface area contributed by atoms with Crippen LogP contribution in [0.3, 0.4) is 0 Å². The first kappa shape index (κ1) is 9.78. The topological polar surface area (TPSA) is 26.0 Å². The Bertz CT molecular complexity index is 297. The molecule has 0 atom stereocenters. The highest BCUT2D eigenvalue weighted by atomic mass is 79.9. The van der Waals surface area contributed by atoms with Crippen molar-refractivity contribution in [3.8, 4) is 0 Å². The first-order valence-corrected chi connectivity index (χ1v) is 4.73. The molecule has 0 amide bonds. The minimum atomic E-state index is 0.541. The maximum Gasteiger partial charge on any atom is 0.0412 e. The van der Waals surface area contributed by atoms with E-state index in [1.807, 2.05) is 30.4 Å². The molecule has 0 saturated carbocycles. The fourth-order valence-electron chi connectivity index (χ4n) is 0.837. The van der Waals surface area contributed by atoms with E-state index in [0.717, 1.165) is 15.1 Å². The van der Waals surface area contributed by atoms with Crippen LogP contribution >= 0.6 is 27.5 Å². The number of benzene rings is 1. The summed E-state index contributed by atoms with van der Waals surface area (Å²) in [5.74, 6) is 0. The molecular formula is C9H9BrClN. The van der Waals surface area contributed by atoms with Crippen LogP contribution in [0.4, 0.5) is 0 Å². The van der Waals surface area contributed by atoms with E-state index in [4.69, 9.17) is 17.3 Å². The van der Waals surface area contributed by atoms with E-state index in [2.05, 4.69) is 15.9 Å². The van der Waals surface area contributed by atoms with Crippen molar-refractivity contribution in [2.45, 2.75) is 0 Å². The molecule has 0 aromatic heterocycles. The van der Waals surface area contributed by atoms with Gasteiger partial charge in [0.2, 0.25) is 0 Å². The van der Waals surface area contributed by atoms with Gasteiger partial charge in [0.15, 0.2) is 0 Å². The Morgan fingerprint density at radius 1 is 1.50 bits per heavy atom. The SMILES string of the molecule is NC/C=C/c1cc(Cl)ccc1Br. The zero-order valence-electron chi connectivity index (χ0n) is 6.43. The number of nitrogens with two attached hydrogens (primary N) is 1. The predicted octanol–water partition coefficient (Wildman–Crippen LogP) is 3.07. The van der Waals surface area contributed by atoms with Crippen molar-refractivity contribution in [1.29, 1.82) is 0 Å². The summed E-state index contributed by atoms with van der Waals surface area (Å²) in [6, 6.07) is 5.64. The van der Waals surface area contributed by atoms with Gasteiger partial charge in [-0.2, -0.15) is 0 Å². The van der Waals surface area contributed by atoms with Crippen molar-refractivity contribution >= 4 is 33.6 Å². The molecule has 0 spiro atoms. The van der Waals surface area contributed by atoms with Gasteiger partial charge in [0, 0.05) is 16.0 Å². The molecule has 12 heavy (non-hydrogen) atoms. The van der Waals surface area contributed by atoms with Gasteiger partial charge < -0.3 is 5.73 Å². The first-order valence-electron chi connectivity index (χ1n) is 3.55. The molecule has 3 heteroatoms. The molecule has 64 valence electrons. The molecule has 0 bridgehead atoms. The van der Waals surface area contributed by atoms with Gasteiger partial charge in [-0.1, -0.05) is 39.7 Å². The van der Waals surface area contributed by atoms with Crippen LogP contribution in [0.1, 0.15) is 5.56 Å². The van der Waals surface area contributed by atoms with Gasteiger partial charge >= 0.3 is 0 Å². The molecule has 0 aliphatic heterocycles. The zero-order chi connectivity index (χ0) is 8.97. The predicted molar refractivity (Wildman–Crippen MR) is 57.2 cm³/mol. The Balaban J connectivity index is 2.97. The maximum absolute atomic E-state index is 5.81. The van der Waals surface area contributed by atoms with Crippen LogP contribution in [0.25, 0.3) is 6.08 Å². The van der Waals surface area contributed by atoms with Gasteiger partial charge in [0.05, 0.1) is 0 Å². The van der Waals surface area contributed by atoms with Crippen LogP contribution in [0.2, 0.25) is 5.02 Å². The lowest BCUT2D eigenvalue weighted by Gasteiger charge is -1.98. The summed E-state index contributed by atoms with van der Waals surface area (Å²) < 4.78 is 1.02. The van der Waals surface area contributed by atoms with Crippen LogP contribution in [0.5, 0.6) is 0 Å². The van der Waals surface area contributed by atoms with Gasteiger partial charge in [-0.3, -0.25) is 0 Å². The van der Waals surface area contributed by atoms with Crippen LogP contribution < -0.4 is 5.73 Å². The molecule has 0 fully saturated rings. The third-order valence-electron chi connectivity index (χ3n) is 1.39. The molecule has 0 unspecified atom stereocenters. The summed E-state index contributed by atoms with van der Waals surface area (Å²) in [5, 5.41) is 0.731. The van der Waals surface area contributed by atoms with Crippen molar-refractivity contribution in [3.63, 3.8) is 0 Å². The molecule has 0 aliphatic rings. The Labute approximate surface area is 85.3 Å². The van der Waals surface area contributed by atoms with Crippen LogP contribution in [0.15, 0.2) is 28.7 Å². The van der Waals surface area contributed by atoms with E-state index in [0.29, 0.717) is 6.54 Å². The van der Waals surface area contributed by atoms with Gasteiger partial charge in [0.25, 0.3) is 0 Å². The zero-order valence-corrected chi connectivity index (χ0v) is 8.77. The minimum absolute atomic E-state index is 0.541. The fraction of sp³-hybridized carbons (Fsp3) is 0.111. The number of hydrogen-bond acceptors (Lipinski definition) is 1. The second kappa shape index (κ2) is 4.65. The highest BCUT2D eigenvalue weighted by molar-refractivity contribution is 9.10. The molecule has 1 aromatic rings. The average molecular weight is 247 g/mol. The van der Waals surface area contributed by atoms with Crippen molar-refractivity contribution in [2.24, 2.45) is 5.73 Å². The standard InChI is InChI=1S/C9H9BrClN/c10-9-4-3-8(11)6-7(9)2-1-5-12/h1-4,6H,5,12H2/b2-1+. The van der Waals surface area contributed by atoms with Crippen LogP contribution in [0, 0.1) is 0 Å². The maximum atomic E-state index is 5.81. The highest BCUT2D eigenvalue weighted by Gasteiger charge is 1.95. The van der Waals surface area contributed by atoms with E-state index in [1.165, 1.54) is 0 Å². The summed E-state index contributed by atoms with van der Waals surface area (Å²) in [7, 11) is 0. The minimum Gasteiger partial charge on any atom is -0.327 e. The summed E-state index contributed by atoms with van der Waals surface area (Å²) in [6.07, 6.45) is 3.83. The average Bonchev–Trinajstić information content (AvgIpc) is 2.07. The second-order valence-electron chi connectivity index (χ2n) is 2.30. The van der Waals surface area contributed by atoms with Crippen molar-refractivity contribution in [3.05, 3.63) is 39.3 Å². The normalized spacial score (nSPS) is 10.9. The van der Waals surface area contributed by atoms with E-state index in [9.17, 15) is 0 Å². The lowest BCUT2D eigenvalue weighted by atomic mass is 10.2.